The Bertz CT molecular complexity index is 1210. The predicted octanol–water partition coefficient (Wildman–Crippen LogP) is 4.29. The number of carbonyl (C=O) groups is 1. The van der Waals surface area contributed by atoms with Gasteiger partial charge in [0.15, 0.2) is 0 Å². The number of thiazole rings is 1. The van der Waals surface area contributed by atoms with Gasteiger partial charge in [-0.05, 0) is 49.9 Å². The minimum atomic E-state index is -3.67. The number of thiophene rings is 1. The molecule has 0 aliphatic carbocycles. The number of likely N-dealkylation sites (tertiary alicyclic amines) is 1. The number of nitrogens with one attached hydrogen (secondary N) is 1. The van der Waals surface area contributed by atoms with Gasteiger partial charge in [-0.1, -0.05) is 12.1 Å². The predicted molar refractivity (Wildman–Crippen MR) is 127 cm³/mol. The fourth-order valence-corrected chi connectivity index (χ4v) is 6.88. The van der Waals surface area contributed by atoms with Gasteiger partial charge in [-0.25, -0.2) is 18.1 Å². The summed E-state index contributed by atoms with van der Waals surface area (Å²) in [6.07, 6.45) is 3.23. The van der Waals surface area contributed by atoms with Crippen molar-refractivity contribution in [2.24, 2.45) is 0 Å². The zero-order chi connectivity index (χ0) is 22.7. The monoisotopic (exact) mass is 491 g/mol. The van der Waals surface area contributed by atoms with Crippen LogP contribution in [0.15, 0.2) is 39.9 Å². The van der Waals surface area contributed by atoms with Crippen molar-refractivity contribution in [3.63, 3.8) is 0 Å². The first kappa shape index (κ1) is 22.9. The molecule has 170 valence electrons. The minimum Gasteiger partial charge on any atom is -0.497 e. The zero-order valence-corrected chi connectivity index (χ0v) is 20.4. The number of piperidine rings is 1. The summed E-state index contributed by atoms with van der Waals surface area (Å²) in [6.45, 7) is 3.56. The Labute approximate surface area is 196 Å². The van der Waals surface area contributed by atoms with E-state index in [-0.39, 0.29) is 16.7 Å². The highest BCUT2D eigenvalue weighted by atomic mass is 32.2. The Morgan fingerprint density at radius 2 is 2.00 bits per heavy atom. The molecule has 1 N–H and O–H groups in total. The van der Waals surface area contributed by atoms with Gasteiger partial charge in [-0.3, -0.25) is 4.79 Å². The van der Waals surface area contributed by atoms with Gasteiger partial charge in [0, 0.05) is 30.6 Å². The van der Waals surface area contributed by atoms with Crippen molar-refractivity contribution < 1.29 is 17.9 Å². The van der Waals surface area contributed by atoms with Gasteiger partial charge in [0.25, 0.3) is 5.91 Å². The lowest BCUT2D eigenvalue weighted by molar-refractivity contribution is 0.0728. The normalized spacial score (nSPS) is 14.5. The van der Waals surface area contributed by atoms with Crippen LogP contribution in [0.25, 0.3) is 10.6 Å². The number of aromatic nitrogens is 1. The fourth-order valence-electron chi connectivity index (χ4n) is 3.56. The molecule has 0 atom stereocenters. The molecule has 1 aromatic carbocycles. The molecule has 7 nitrogen and oxygen atoms in total. The van der Waals surface area contributed by atoms with Crippen molar-refractivity contribution in [1.82, 2.24) is 14.6 Å². The molecule has 1 aliphatic rings. The second kappa shape index (κ2) is 9.70. The second-order valence-corrected chi connectivity index (χ2v) is 11.5. The van der Waals surface area contributed by atoms with Gasteiger partial charge >= 0.3 is 0 Å². The summed E-state index contributed by atoms with van der Waals surface area (Å²) in [6, 6.07) is 8.88. The van der Waals surface area contributed by atoms with Gasteiger partial charge < -0.3 is 9.64 Å². The molecular formula is C22H25N3O4S3. The summed E-state index contributed by atoms with van der Waals surface area (Å²) in [5.41, 5.74) is 2.20. The zero-order valence-electron chi connectivity index (χ0n) is 18.0. The molecule has 1 saturated heterocycles. The highest BCUT2D eigenvalue weighted by Gasteiger charge is 2.24. The smallest absolute Gasteiger partial charge is 0.265 e. The van der Waals surface area contributed by atoms with Gasteiger partial charge in [0.1, 0.15) is 19.8 Å². The summed E-state index contributed by atoms with van der Waals surface area (Å²) >= 11 is 2.47. The number of rotatable bonds is 7. The van der Waals surface area contributed by atoms with Crippen LogP contribution in [0, 0.1) is 6.92 Å². The molecule has 3 heterocycles. The van der Waals surface area contributed by atoms with E-state index in [1.165, 1.54) is 11.3 Å². The van der Waals surface area contributed by atoms with Crippen LogP contribution in [0.4, 0.5) is 0 Å². The van der Waals surface area contributed by atoms with Crippen LogP contribution in [0.1, 0.15) is 40.2 Å². The number of carbonyl (C=O) groups excluding carboxylic acids is 1. The first-order valence-corrected chi connectivity index (χ1v) is 13.5. The van der Waals surface area contributed by atoms with E-state index in [2.05, 4.69) is 9.71 Å². The van der Waals surface area contributed by atoms with Gasteiger partial charge in [-0.15, -0.1) is 22.7 Å². The first-order valence-electron chi connectivity index (χ1n) is 10.4. The van der Waals surface area contributed by atoms with Crippen molar-refractivity contribution in [2.75, 3.05) is 20.2 Å². The largest absolute Gasteiger partial charge is 0.497 e. The maximum atomic E-state index is 12.9. The summed E-state index contributed by atoms with van der Waals surface area (Å²) < 4.78 is 33.6. The topological polar surface area (TPSA) is 88.6 Å². The maximum absolute atomic E-state index is 12.9. The minimum absolute atomic E-state index is 0.0222. The van der Waals surface area contributed by atoms with Crippen LogP contribution in [-0.4, -0.2) is 44.4 Å². The van der Waals surface area contributed by atoms with E-state index in [9.17, 15) is 13.2 Å². The third-order valence-electron chi connectivity index (χ3n) is 5.32. The average Bonchev–Trinajstić information content (AvgIpc) is 3.46. The number of methoxy groups -OCH3 is 1. The molecule has 0 spiro atoms. The van der Waals surface area contributed by atoms with Crippen molar-refractivity contribution in [1.29, 1.82) is 0 Å². The number of hydrogen-bond acceptors (Lipinski definition) is 7. The van der Waals surface area contributed by atoms with E-state index < -0.39 is 10.0 Å². The van der Waals surface area contributed by atoms with E-state index in [0.717, 1.165) is 49.3 Å². The van der Waals surface area contributed by atoms with Gasteiger partial charge in [0.2, 0.25) is 10.0 Å². The molecule has 0 bridgehead atoms. The summed E-state index contributed by atoms with van der Waals surface area (Å²) in [4.78, 5) is 20.0. The van der Waals surface area contributed by atoms with Crippen LogP contribution in [-0.2, 0) is 16.6 Å². The van der Waals surface area contributed by atoms with E-state index in [0.29, 0.717) is 26.9 Å². The van der Waals surface area contributed by atoms with E-state index in [4.69, 9.17) is 4.74 Å². The molecule has 1 aliphatic heterocycles. The van der Waals surface area contributed by atoms with Crippen LogP contribution in [0.5, 0.6) is 5.75 Å². The summed E-state index contributed by atoms with van der Waals surface area (Å²) in [7, 11) is -2.10. The van der Waals surface area contributed by atoms with Crippen LogP contribution >= 0.6 is 22.7 Å². The number of benzene rings is 1. The van der Waals surface area contributed by atoms with Crippen molar-refractivity contribution in [3.05, 3.63) is 51.8 Å². The van der Waals surface area contributed by atoms with Crippen molar-refractivity contribution >= 4 is 38.6 Å². The lowest BCUT2D eigenvalue weighted by Crippen LogP contribution is -2.35. The molecule has 1 amide bonds. The number of ether oxygens (including phenoxy) is 1. The molecule has 10 heteroatoms. The third kappa shape index (κ3) is 5.03. The second-order valence-electron chi connectivity index (χ2n) is 7.62. The molecule has 0 unspecified atom stereocenters. The summed E-state index contributed by atoms with van der Waals surface area (Å²) in [5.74, 6) is 0.697. The quantitative estimate of drug-likeness (QED) is 0.533. The highest BCUT2D eigenvalue weighted by Crippen LogP contribution is 2.33. The Balaban J connectivity index is 1.48. The Morgan fingerprint density at radius 1 is 1.22 bits per heavy atom. The van der Waals surface area contributed by atoms with Crippen LogP contribution < -0.4 is 9.46 Å². The Morgan fingerprint density at radius 3 is 2.75 bits per heavy atom. The Kier molecular flexibility index (Phi) is 6.94. The van der Waals surface area contributed by atoms with E-state index >= 15 is 0 Å². The fraction of sp³-hybridized carbons (Fsp3) is 0.364. The summed E-state index contributed by atoms with van der Waals surface area (Å²) in [5, 5.41) is 2.43. The van der Waals surface area contributed by atoms with E-state index in [1.807, 2.05) is 30.0 Å². The molecule has 2 aromatic heterocycles. The number of hydrogen-bond donors (Lipinski definition) is 1. The molecule has 3 aromatic rings. The van der Waals surface area contributed by atoms with Crippen LogP contribution in [0.2, 0.25) is 0 Å². The number of aryl methyl sites for hydroxylation is 1. The molecule has 4 rings (SSSR count). The van der Waals surface area contributed by atoms with Crippen molar-refractivity contribution in [2.45, 2.75) is 36.9 Å². The van der Waals surface area contributed by atoms with Gasteiger partial charge in [0.05, 0.1) is 12.8 Å². The molecule has 32 heavy (non-hydrogen) atoms. The van der Waals surface area contributed by atoms with Crippen LogP contribution in [0.3, 0.4) is 0 Å². The highest BCUT2D eigenvalue weighted by molar-refractivity contribution is 7.91. The maximum Gasteiger partial charge on any atom is 0.265 e. The number of nitrogens with zero attached hydrogens (tertiary/aromatic N) is 2. The standard InChI is InChI=1S/C22H25N3O4S3/c1-15-20(22(26)25-9-4-3-5-10-25)31-21(24-15)17-12-19(30-14-17)32(27,28)23-13-16-7-6-8-18(11-16)29-2/h6-8,11-12,14,23H,3-5,9-10,13H2,1-2H3. The third-order valence-corrected chi connectivity index (χ3v) is 9.36. The molecule has 1 fully saturated rings. The lowest BCUT2D eigenvalue weighted by Gasteiger charge is -2.26. The van der Waals surface area contributed by atoms with E-state index in [1.54, 1.807) is 24.6 Å². The molecule has 0 saturated carbocycles. The Hall–Kier alpha value is -2.27. The lowest BCUT2D eigenvalue weighted by atomic mass is 10.1. The van der Waals surface area contributed by atoms with Crippen molar-refractivity contribution in [3.8, 4) is 16.3 Å². The first-order chi connectivity index (χ1) is 15.4. The SMILES string of the molecule is COc1cccc(CNS(=O)(=O)c2cc(-c3nc(C)c(C(=O)N4CCCCC4)s3)cs2)c1. The molecule has 0 radical (unpaired) electrons. The average molecular weight is 492 g/mol. The number of amides is 1. The molecular weight excluding hydrogens is 466 g/mol. The van der Waals surface area contributed by atoms with Gasteiger partial charge in [-0.2, -0.15) is 0 Å². The number of sulfonamides is 1.